The number of carbonyl (C=O) groups excluding carboxylic acids is 2. The van der Waals surface area contributed by atoms with E-state index < -0.39 is 4.92 Å². The van der Waals surface area contributed by atoms with Gasteiger partial charge in [-0.2, -0.15) is 0 Å². The Morgan fingerprint density at radius 3 is 2.51 bits per heavy atom. The van der Waals surface area contributed by atoms with Crippen LogP contribution in [0, 0.1) is 13.7 Å². The Morgan fingerprint density at radius 2 is 1.84 bits per heavy atom. The minimum absolute atomic E-state index is 0.0125. The molecule has 2 amide bonds. The van der Waals surface area contributed by atoms with E-state index in [1.54, 1.807) is 24.3 Å². The molecule has 0 N–H and O–H groups in total. The largest absolute Gasteiger partial charge is 0.490 e. The van der Waals surface area contributed by atoms with Crippen molar-refractivity contribution in [2.24, 2.45) is 0 Å². The Balaban J connectivity index is 1.54. The van der Waals surface area contributed by atoms with Gasteiger partial charge < -0.3 is 9.47 Å². The summed E-state index contributed by atoms with van der Waals surface area (Å²) in [5.74, 6) is 0.673. The third-order valence-electron chi connectivity index (χ3n) is 5.32. The number of benzene rings is 3. The van der Waals surface area contributed by atoms with Crippen molar-refractivity contribution in [3.8, 4) is 11.5 Å². The lowest BCUT2D eigenvalue weighted by atomic mass is 10.1. The number of hydrogen-bond donors (Lipinski definition) is 0. The van der Waals surface area contributed by atoms with Crippen LogP contribution in [0.3, 0.4) is 0 Å². The zero-order valence-corrected chi connectivity index (χ0v) is 24.0. The van der Waals surface area contributed by atoms with E-state index in [-0.39, 0.29) is 30.0 Å². The standard InChI is InChI=1S/C26H20BrIN2O6S/c1-2-35-22-12-17(11-21(28)24(22)36-15-16-7-9-19(10-8-16)30(33)34)13-23-25(31)29(26(32)37-23)14-18-5-3-4-6-20(18)27/h3-13H,2,14-15H2,1H3/b23-13+. The number of hydrogen-bond acceptors (Lipinski definition) is 7. The van der Waals surface area contributed by atoms with Crippen molar-refractivity contribution in [3.05, 3.63) is 100 Å². The lowest BCUT2D eigenvalue weighted by Crippen LogP contribution is -2.27. The molecule has 0 aliphatic carbocycles. The first-order valence-electron chi connectivity index (χ1n) is 11.1. The van der Waals surface area contributed by atoms with Crippen molar-refractivity contribution in [1.82, 2.24) is 4.90 Å². The van der Waals surface area contributed by atoms with E-state index in [9.17, 15) is 19.7 Å². The van der Waals surface area contributed by atoms with Gasteiger partial charge in [0.1, 0.15) is 6.61 Å². The summed E-state index contributed by atoms with van der Waals surface area (Å²) in [4.78, 5) is 37.6. The van der Waals surface area contributed by atoms with Crippen LogP contribution in [0.4, 0.5) is 10.5 Å². The lowest BCUT2D eigenvalue weighted by Gasteiger charge is -2.15. The Hall–Kier alpha value is -2.90. The molecule has 0 atom stereocenters. The van der Waals surface area contributed by atoms with E-state index in [0.717, 1.165) is 30.9 Å². The highest BCUT2D eigenvalue weighted by molar-refractivity contribution is 14.1. The quantitative estimate of drug-likeness (QED) is 0.101. The SMILES string of the molecule is CCOc1cc(/C=C2/SC(=O)N(Cc3ccccc3Br)C2=O)cc(I)c1OCc1ccc([N+](=O)[O-])cc1. The van der Waals surface area contributed by atoms with Crippen LogP contribution in [0.15, 0.2) is 70.0 Å². The average molecular weight is 695 g/mol. The van der Waals surface area contributed by atoms with Crippen LogP contribution >= 0.6 is 50.3 Å². The van der Waals surface area contributed by atoms with Crippen LogP contribution < -0.4 is 9.47 Å². The smallest absolute Gasteiger partial charge is 0.293 e. The second kappa shape index (κ2) is 12.1. The zero-order valence-electron chi connectivity index (χ0n) is 19.5. The molecule has 4 rings (SSSR count). The fourth-order valence-corrected chi connectivity index (χ4v) is 5.56. The van der Waals surface area contributed by atoms with Gasteiger partial charge in [-0.25, -0.2) is 0 Å². The number of halogens is 2. The van der Waals surface area contributed by atoms with E-state index in [2.05, 4.69) is 38.5 Å². The van der Waals surface area contributed by atoms with Crippen molar-refractivity contribution < 1.29 is 24.0 Å². The molecule has 3 aromatic rings. The fraction of sp³-hybridized carbons (Fsp3) is 0.154. The first-order valence-corrected chi connectivity index (χ1v) is 13.8. The van der Waals surface area contributed by atoms with E-state index in [1.165, 1.54) is 17.0 Å². The Bertz CT molecular complexity index is 1400. The maximum absolute atomic E-state index is 13.0. The molecule has 37 heavy (non-hydrogen) atoms. The number of carbonyl (C=O) groups is 2. The number of amides is 2. The topological polar surface area (TPSA) is 99.0 Å². The zero-order chi connectivity index (χ0) is 26.5. The predicted octanol–water partition coefficient (Wildman–Crippen LogP) is 7.18. The third-order valence-corrected chi connectivity index (χ3v) is 7.80. The molecule has 1 aliphatic heterocycles. The van der Waals surface area contributed by atoms with Gasteiger partial charge in [0.15, 0.2) is 11.5 Å². The Morgan fingerprint density at radius 1 is 1.11 bits per heavy atom. The van der Waals surface area contributed by atoms with Crippen molar-refractivity contribution in [3.63, 3.8) is 0 Å². The summed E-state index contributed by atoms with van der Waals surface area (Å²) in [5.41, 5.74) is 2.32. The summed E-state index contributed by atoms with van der Waals surface area (Å²) in [6.45, 7) is 2.63. The summed E-state index contributed by atoms with van der Waals surface area (Å²) in [6, 6.07) is 17.2. The van der Waals surface area contributed by atoms with Crippen molar-refractivity contribution in [2.45, 2.75) is 20.1 Å². The second-order valence-corrected chi connectivity index (χ2v) is 10.8. The van der Waals surface area contributed by atoms with Crippen LogP contribution in [-0.2, 0) is 17.9 Å². The van der Waals surface area contributed by atoms with Gasteiger partial charge in [0.2, 0.25) is 0 Å². The molecule has 0 spiro atoms. The van der Waals surface area contributed by atoms with Gasteiger partial charge in [-0.1, -0.05) is 34.1 Å². The monoisotopic (exact) mass is 694 g/mol. The molecular weight excluding hydrogens is 675 g/mol. The molecule has 0 radical (unpaired) electrons. The number of ether oxygens (including phenoxy) is 2. The molecule has 1 saturated heterocycles. The molecule has 1 heterocycles. The van der Waals surface area contributed by atoms with E-state index in [4.69, 9.17) is 9.47 Å². The van der Waals surface area contributed by atoms with E-state index >= 15 is 0 Å². The number of nitrogens with zero attached hydrogens (tertiary/aromatic N) is 2. The number of imide groups is 1. The number of thioether (sulfide) groups is 1. The van der Waals surface area contributed by atoms with Crippen molar-refractivity contribution in [1.29, 1.82) is 0 Å². The average Bonchev–Trinajstić information content (AvgIpc) is 3.12. The molecule has 8 nitrogen and oxygen atoms in total. The maximum Gasteiger partial charge on any atom is 0.293 e. The van der Waals surface area contributed by atoms with Crippen LogP contribution in [-0.4, -0.2) is 27.6 Å². The van der Waals surface area contributed by atoms with Gasteiger partial charge in [-0.15, -0.1) is 0 Å². The summed E-state index contributed by atoms with van der Waals surface area (Å²) in [5, 5.41) is 10.5. The summed E-state index contributed by atoms with van der Waals surface area (Å²) >= 11 is 6.49. The minimum atomic E-state index is -0.450. The minimum Gasteiger partial charge on any atom is -0.490 e. The highest BCUT2D eigenvalue weighted by Gasteiger charge is 2.35. The second-order valence-electron chi connectivity index (χ2n) is 7.83. The number of nitro benzene ring substituents is 1. The van der Waals surface area contributed by atoms with E-state index in [0.29, 0.717) is 28.6 Å². The predicted molar refractivity (Wildman–Crippen MR) is 153 cm³/mol. The Labute approximate surface area is 239 Å². The lowest BCUT2D eigenvalue weighted by molar-refractivity contribution is -0.384. The molecule has 1 fully saturated rings. The first kappa shape index (κ1) is 27.1. The van der Waals surface area contributed by atoms with Crippen molar-refractivity contribution in [2.75, 3.05) is 6.61 Å². The molecule has 190 valence electrons. The summed E-state index contributed by atoms with van der Waals surface area (Å²) in [6.07, 6.45) is 1.68. The maximum atomic E-state index is 13.0. The highest BCUT2D eigenvalue weighted by atomic mass is 127. The molecule has 11 heteroatoms. The third kappa shape index (κ3) is 6.51. The normalized spacial score (nSPS) is 14.4. The van der Waals surface area contributed by atoms with Crippen molar-refractivity contribution >= 4 is 73.2 Å². The van der Waals surface area contributed by atoms with Gasteiger partial charge in [0.05, 0.1) is 26.6 Å². The molecule has 0 unspecified atom stereocenters. The summed E-state index contributed by atoms with van der Waals surface area (Å²) < 4.78 is 13.4. The van der Waals surface area contributed by atoms with Gasteiger partial charge in [-0.3, -0.25) is 24.6 Å². The van der Waals surface area contributed by atoms with Gasteiger partial charge in [0.25, 0.3) is 16.8 Å². The number of nitro groups is 1. The number of rotatable bonds is 9. The first-order chi connectivity index (χ1) is 17.8. The van der Waals surface area contributed by atoms with Crippen LogP contribution in [0.1, 0.15) is 23.6 Å². The highest BCUT2D eigenvalue weighted by Crippen LogP contribution is 2.38. The fourth-order valence-electron chi connectivity index (χ4n) is 3.53. The molecule has 0 aromatic heterocycles. The van der Waals surface area contributed by atoms with Crippen LogP contribution in [0.2, 0.25) is 0 Å². The Kier molecular flexibility index (Phi) is 8.87. The van der Waals surface area contributed by atoms with Gasteiger partial charge in [-0.05, 0) is 94.4 Å². The van der Waals surface area contributed by atoms with Crippen LogP contribution in [0.5, 0.6) is 11.5 Å². The molecular formula is C26H20BrIN2O6S. The van der Waals surface area contributed by atoms with E-state index in [1.807, 2.05) is 37.3 Å². The molecule has 0 saturated carbocycles. The molecule has 3 aromatic carbocycles. The van der Waals surface area contributed by atoms with Gasteiger partial charge in [0, 0.05) is 16.6 Å². The number of non-ortho nitro benzene ring substituents is 1. The molecule has 1 aliphatic rings. The van der Waals surface area contributed by atoms with Crippen LogP contribution in [0.25, 0.3) is 6.08 Å². The molecule has 0 bridgehead atoms. The van der Waals surface area contributed by atoms with Gasteiger partial charge >= 0.3 is 0 Å². The summed E-state index contributed by atoms with van der Waals surface area (Å²) in [7, 11) is 0.